The van der Waals surface area contributed by atoms with Gasteiger partial charge in [-0.2, -0.15) is 13.2 Å². The van der Waals surface area contributed by atoms with Crippen molar-refractivity contribution in [3.63, 3.8) is 0 Å². The molecule has 0 atom stereocenters. The first-order valence-electron chi connectivity index (χ1n) is 8.12. The molecule has 0 aliphatic rings. The van der Waals surface area contributed by atoms with E-state index < -0.39 is 17.7 Å². The fourth-order valence-corrected chi connectivity index (χ4v) is 2.95. The Labute approximate surface area is 154 Å². The molecule has 0 spiro atoms. The van der Waals surface area contributed by atoms with Gasteiger partial charge in [-0.05, 0) is 53.4 Å². The van der Waals surface area contributed by atoms with Crippen molar-refractivity contribution >= 4 is 5.97 Å². The standard InChI is InChI=1S/C21H16F3NO2/c1-13-9-16(14-5-3-7-17(10-14)21(22,23)24)11-18(19(13)20(26)27-2)15-6-4-8-25-12-15/h3-12H,1-2H3. The zero-order chi connectivity index (χ0) is 19.6. The molecule has 0 N–H and O–H groups in total. The van der Waals surface area contributed by atoms with E-state index in [2.05, 4.69) is 4.98 Å². The van der Waals surface area contributed by atoms with Crippen LogP contribution in [0.2, 0.25) is 0 Å². The Balaban J connectivity index is 2.22. The van der Waals surface area contributed by atoms with Crippen LogP contribution < -0.4 is 0 Å². The number of benzene rings is 2. The summed E-state index contributed by atoms with van der Waals surface area (Å²) in [4.78, 5) is 16.3. The maximum atomic E-state index is 13.1. The number of carbonyl (C=O) groups excluding carboxylic acids is 1. The van der Waals surface area contributed by atoms with Crippen molar-refractivity contribution in [2.45, 2.75) is 13.1 Å². The minimum atomic E-state index is -4.43. The Hall–Kier alpha value is -3.15. The van der Waals surface area contributed by atoms with E-state index in [1.807, 2.05) is 0 Å². The van der Waals surface area contributed by atoms with Crippen LogP contribution in [-0.4, -0.2) is 18.1 Å². The second kappa shape index (κ2) is 7.23. The number of methoxy groups -OCH3 is 1. The van der Waals surface area contributed by atoms with Gasteiger partial charge in [-0.15, -0.1) is 0 Å². The molecular weight excluding hydrogens is 355 g/mol. The van der Waals surface area contributed by atoms with Gasteiger partial charge in [-0.25, -0.2) is 4.79 Å². The number of alkyl halides is 3. The highest BCUT2D eigenvalue weighted by atomic mass is 19.4. The van der Waals surface area contributed by atoms with Gasteiger partial charge in [0.15, 0.2) is 0 Å². The molecule has 0 radical (unpaired) electrons. The maximum Gasteiger partial charge on any atom is 0.416 e. The molecular formula is C21H16F3NO2. The number of carbonyl (C=O) groups is 1. The van der Waals surface area contributed by atoms with Crippen molar-refractivity contribution in [2.24, 2.45) is 0 Å². The predicted octanol–water partition coefficient (Wildman–Crippen LogP) is 5.53. The van der Waals surface area contributed by atoms with Crippen LogP contribution in [0.4, 0.5) is 13.2 Å². The van der Waals surface area contributed by atoms with E-state index >= 15 is 0 Å². The topological polar surface area (TPSA) is 39.2 Å². The van der Waals surface area contributed by atoms with Crippen molar-refractivity contribution < 1.29 is 22.7 Å². The second-order valence-corrected chi connectivity index (χ2v) is 6.03. The lowest BCUT2D eigenvalue weighted by molar-refractivity contribution is -0.137. The van der Waals surface area contributed by atoms with Crippen molar-refractivity contribution in [3.8, 4) is 22.3 Å². The predicted molar refractivity (Wildman–Crippen MR) is 96.2 cm³/mol. The molecule has 0 saturated carbocycles. The Kier molecular flexibility index (Phi) is 4.99. The number of ether oxygens (including phenoxy) is 1. The number of aryl methyl sites for hydroxylation is 1. The highest BCUT2D eigenvalue weighted by molar-refractivity contribution is 6.00. The lowest BCUT2D eigenvalue weighted by Crippen LogP contribution is -2.07. The van der Waals surface area contributed by atoms with E-state index in [1.54, 1.807) is 49.6 Å². The number of rotatable bonds is 3. The molecule has 0 aliphatic carbocycles. The molecule has 6 heteroatoms. The van der Waals surface area contributed by atoms with Gasteiger partial charge in [0.1, 0.15) is 0 Å². The minimum absolute atomic E-state index is 0.362. The van der Waals surface area contributed by atoms with Crippen molar-refractivity contribution in [3.05, 3.63) is 77.6 Å². The van der Waals surface area contributed by atoms with Crippen molar-refractivity contribution in [1.82, 2.24) is 4.98 Å². The first kappa shape index (κ1) is 18.6. The highest BCUT2D eigenvalue weighted by Gasteiger charge is 2.30. The first-order chi connectivity index (χ1) is 12.8. The summed E-state index contributed by atoms with van der Waals surface area (Å²) in [7, 11) is 1.29. The maximum absolute atomic E-state index is 13.1. The van der Waals surface area contributed by atoms with E-state index in [9.17, 15) is 18.0 Å². The molecule has 3 aromatic rings. The summed E-state index contributed by atoms with van der Waals surface area (Å²) >= 11 is 0. The number of hydrogen-bond donors (Lipinski definition) is 0. The third kappa shape index (κ3) is 3.84. The van der Waals surface area contributed by atoms with Gasteiger partial charge in [0, 0.05) is 18.0 Å². The Morgan fingerprint density at radius 1 is 1.00 bits per heavy atom. The second-order valence-electron chi connectivity index (χ2n) is 6.03. The van der Waals surface area contributed by atoms with Gasteiger partial charge in [0.25, 0.3) is 0 Å². The zero-order valence-corrected chi connectivity index (χ0v) is 14.7. The fourth-order valence-electron chi connectivity index (χ4n) is 2.95. The summed E-state index contributed by atoms with van der Waals surface area (Å²) in [5, 5.41) is 0. The molecule has 1 aromatic heterocycles. The normalized spacial score (nSPS) is 11.3. The van der Waals surface area contributed by atoms with Crippen LogP contribution in [0.1, 0.15) is 21.5 Å². The van der Waals surface area contributed by atoms with E-state index in [0.717, 1.165) is 12.1 Å². The lowest BCUT2D eigenvalue weighted by Gasteiger charge is -2.15. The van der Waals surface area contributed by atoms with Gasteiger partial charge in [0.2, 0.25) is 0 Å². The summed E-state index contributed by atoms with van der Waals surface area (Å²) in [6.45, 7) is 1.73. The molecule has 0 saturated heterocycles. The first-order valence-corrected chi connectivity index (χ1v) is 8.12. The number of aromatic nitrogens is 1. The van der Waals surface area contributed by atoms with Crippen LogP contribution in [0.25, 0.3) is 22.3 Å². The van der Waals surface area contributed by atoms with Crippen molar-refractivity contribution in [1.29, 1.82) is 0 Å². The number of nitrogens with zero attached hydrogens (tertiary/aromatic N) is 1. The highest BCUT2D eigenvalue weighted by Crippen LogP contribution is 2.35. The van der Waals surface area contributed by atoms with Gasteiger partial charge in [-0.1, -0.05) is 24.3 Å². The SMILES string of the molecule is COC(=O)c1c(C)cc(-c2cccc(C(F)(F)F)c2)cc1-c1cccnc1. The smallest absolute Gasteiger partial charge is 0.416 e. The van der Waals surface area contributed by atoms with Gasteiger partial charge in [-0.3, -0.25) is 4.98 Å². The summed E-state index contributed by atoms with van der Waals surface area (Å²) in [6, 6.07) is 12.0. The molecule has 27 heavy (non-hydrogen) atoms. The average molecular weight is 371 g/mol. The fraction of sp³-hybridized carbons (Fsp3) is 0.143. The van der Waals surface area contributed by atoms with E-state index in [4.69, 9.17) is 4.74 Å². The van der Waals surface area contributed by atoms with Crippen LogP contribution >= 0.6 is 0 Å². The molecule has 0 bridgehead atoms. The average Bonchev–Trinajstić information content (AvgIpc) is 2.67. The molecule has 0 amide bonds. The van der Waals surface area contributed by atoms with Crippen LogP contribution in [0, 0.1) is 6.92 Å². The molecule has 3 nitrogen and oxygen atoms in total. The monoisotopic (exact) mass is 371 g/mol. The third-order valence-electron chi connectivity index (χ3n) is 4.22. The molecule has 138 valence electrons. The summed E-state index contributed by atoms with van der Waals surface area (Å²) < 4.78 is 44.0. The Morgan fingerprint density at radius 2 is 1.74 bits per heavy atom. The Bertz CT molecular complexity index is 982. The quantitative estimate of drug-likeness (QED) is 0.568. The van der Waals surface area contributed by atoms with E-state index in [-0.39, 0.29) is 0 Å². The summed E-state index contributed by atoms with van der Waals surface area (Å²) in [5.74, 6) is -0.512. The molecule has 0 fully saturated rings. The molecule has 0 aliphatic heterocycles. The number of hydrogen-bond acceptors (Lipinski definition) is 3. The van der Waals surface area contributed by atoms with Crippen LogP contribution in [-0.2, 0) is 10.9 Å². The van der Waals surface area contributed by atoms with Gasteiger partial charge < -0.3 is 4.74 Å². The van der Waals surface area contributed by atoms with Crippen LogP contribution in [0.3, 0.4) is 0 Å². The summed E-state index contributed by atoms with van der Waals surface area (Å²) in [5.41, 5.74) is 2.46. The lowest BCUT2D eigenvalue weighted by atomic mass is 9.91. The number of esters is 1. The largest absolute Gasteiger partial charge is 0.465 e. The zero-order valence-electron chi connectivity index (χ0n) is 14.7. The van der Waals surface area contributed by atoms with E-state index in [0.29, 0.717) is 33.4 Å². The van der Waals surface area contributed by atoms with Crippen molar-refractivity contribution in [2.75, 3.05) is 7.11 Å². The minimum Gasteiger partial charge on any atom is -0.465 e. The van der Waals surface area contributed by atoms with Crippen LogP contribution in [0.15, 0.2) is 60.9 Å². The van der Waals surface area contributed by atoms with Gasteiger partial charge in [0.05, 0.1) is 18.2 Å². The summed E-state index contributed by atoms with van der Waals surface area (Å²) in [6.07, 6.45) is -1.23. The molecule has 0 unspecified atom stereocenters. The number of halogens is 3. The molecule has 1 heterocycles. The van der Waals surface area contributed by atoms with Gasteiger partial charge >= 0.3 is 12.1 Å². The van der Waals surface area contributed by atoms with Crippen LogP contribution in [0.5, 0.6) is 0 Å². The Morgan fingerprint density at radius 3 is 2.37 bits per heavy atom. The molecule has 2 aromatic carbocycles. The van der Waals surface area contributed by atoms with E-state index in [1.165, 1.54) is 13.2 Å². The number of pyridine rings is 1. The third-order valence-corrected chi connectivity index (χ3v) is 4.22. The molecule has 3 rings (SSSR count).